The Morgan fingerprint density at radius 3 is 3.00 bits per heavy atom. The van der Waals surface area contributed by atoms with Gasteiger partial charge in [-0.3, -0.25) is 9.59 Å². The number of nitrogens with one attached hydrogen (secondary N) is 2. The van der Waals surface area contributed by atoms with Gasteiger partial charge in [-0.15, -0.1) is 11.8 Å². The van der Waals surface area contributed by atoms with Crippen LogP contribution in [-0.2, 0) is 4.79 Å². The number of H-pyrrole nitrogens is 1. The molecule has 1 saturated carbocycles. The van der Waals surface area contributed by atoms with Gasteiger partial charge in [-0.25, -0.2) is 0 Å². The summed E-state index contributed by atoms with van der Waals surface area (Å²) in [5, 5.41) is 4.01. The Hall–Kier alpha value is -1.95. The van der Waals surface area contributed by atoms with Gasteiger partial charge in [0.1, 0.15) is 6.04 Å². The largest absolute Gasteiger partial charge is 0.361 e. The average Bonchev–Trinajstić information content (AvgIpc) is 3.08. The lowest BCUT2D eigenvalue weighted by Crippen LogP contribution is -2.47. The molecule has 0 radical (unpaired) electrons. The summed E-state index contributed by atoms with van der Waals surface area (Å²) in [5.74, 6) is 1.82. The van der Waals surface area contributed by atoms with Gasteiger partial charge >= 0.3 is 0 Å². The van der Waals surface area contributed by atoms with E-state index in [-0.39, 0.29) is 17.9 Å². The number of carbonyl (C=O) groups is 2. The third kappa shape index (κ3) is 2.95. The number of aromatic nitrogens is 1. The first-order chi connectivity index (χ1) is 11.2. The van der Waals surface area contributed by atoms with Crippen molar-refractivity contribution in [1.29, 1.82) is 0 Å². The highest BCUT2D eigenvalue weighted by Crippen LogP contribution is 2.28. The van der Waals surface area contributed by atoms with Crippen LogP contribution in [0.3, 0.4) is 0 Å². The van der Waals surface area contributed by atoms with Crippen LogP contribution in [0.1, 0.15) is 23.2 Å². The molecule has 5 nitrogen and oxygen atoms in total. The zero-order chi connectivity index (χ0) is 15.8. The SMILES string of the molecule is O=C(NCC1CC1)[C@@H]1CSCN1C(=O)c1ccc2[nH]ccc2c1. The minimum Gasteiger partial charge on any atom is -0.361 e. The molecule has 1 aromatic heterocycles. The van der Waals surface area contributed by atoms with Crippen molar-refractivity contribution < 1.29 is 9.59 Å². The van der Waals surface area contributed by atoms with Crippen molar-refractivity contribution in [2.75, 3.05) is 18.2 Å². The Balaban J connectivity index is 1.50. The summed E-state index contributed by atoms with van der Waals surface area (Å²) in [6.07, 6.45) is 4.27. The number of amides is 2. The molecule has 1 atom stereocenters. The van der Waals surface area contributed by atoms with Crippen LogP contribution in [0.4, 0.5) is 0 Å². The predicted molar refractivity (Wildman–Crippen MR) is 91.3 cm³/mol. The zero-order valence-corrected chi connectivity index (χ0v) is 13.6. The van der Waals surface area contributed by atoms with Gasteiger partial charge in [-0.2, -0.15) is 0 Å². The fourth-order valence-electron chi connectivity index (χ4n) is 2.90. The van der Waals surface area contributed by atoms with Gasteiger partial charge in [0.05, 0.1) is 5.88 Å². The first-order valence-corrected chi connectivity index (χ1v) is 9.11. The molecule has 1 saturated heterocycles. The fourth-order valence-corrected chi connectivity index (χ4v) is 4.05. The van der Waals surface area contributed by atoms with Crippen molar-refractivity contribution >= 4 is 34.5 Å². The van der Waals surface area contributed by atoms with E-state index in [2.05, 4.69) is 10.3 Å². The smallest absolute Gasteiger partial charge is 0.255 e. The van der Waals surface area contributed by atoms with Crippen LogP contribution in [0.25, 0.3) is 10.9 Å². The number of fused-ring (bicyclic) bond motifs is 1. The van der Waals surface area contributed by atoms with E-state index in [1.807, 2.05) is 30.5 Å². The van der Waals surface area contributed by atoms with E-state index >= 15 is 0 Å². The second-order valence-corrected chi connectivity index (χ2v) is 7.26. The highest BCUT2D eigenvalue weighted by atomic mass is 32.2. The monoisotopic (exact) mass is 329 g/mol. The zero-order valence-electron chi connectivity index (χ0n) is 12.7. The van der Waals surface area contributed by atoms with Crippen LogP contribution in [0.5, 0.6) is 0 Å². The summed E-state index contributed by atoms with van der Waals surface area (Å²) in [6, 6.07) is 7.21. The Kier molecular flexibility index (Phi) is 3.77. The van der Waals surface area contributed by atoms with E-state index in [9.17, 15) is 9.59 Å². The lowest BCUT2D eigenvalue weighted by Gasteiger charge is -2.23. The van der Waals surface area contributed by atoms with Gasteiger partial charge in [-0.1, -0.05) is 0 Å². The third-order valence-corrected chi connectivity index (χ3v) is 5.52. The van der Waals surface area contributed by atoms with Crippen LogP contribution in [0, 0.1) is 5.92 Å². The standard InChI is InChI=1S/C17H19N3O2S/c21-16(19-8-11-1-2-11)15-9-23-10-20(15)17(22)13-3-4-14-12(7-13)5-6-18-14/h3-7,11,15,18H,1-2,8-10H2,(H,19,21)/t15-/m0/s1. The Labute approximate surface area is 138 Å². The van der Waals surface area contributed by atoms with E-state index < -0.39 is 0 Å². The molecule has 2 aliphatic rings. The van der Waals surface area contributed by atoms with Crippen LogP contribution in [0.15, 0.2) is 30.5 Å². The molecular formula is C17H19N3O2S. The maximum absolute atomic E-state index is 12.8. The third-order valence-electron chi connectivity index (χ3n) is 4.51. The van der Waals surface area contributed by atoms with Gasteiger partial charge in [0.2, 0.25) is 5.91 Å². The molecule has 2 amide bonds. The summed E-state index contributed by atoms with van der Waals surface area (Å²) in [7, 11) is 0. The summed E-state index contributed by atoms with van der Waals surface area (Å²) in [6.45, 7) is 0.747. The first kappa shape index (κ1) is 14.6. The molecule has 2 fully saturated rings. The molecule has 4 rings (SSSR count). The normalized spacial score (nSPS) is 20.9. The summed E-state index contributed by atoms with van der Waals surface area (Å²) in [4.78, 5) is 30.0. The van der Waals surface area contributed by atoms with Crippen LogP contribution < -0.4 is 5.32 Å². The lowest BCUT2D eigenvalue weighted by molar-refractivity contribution is -0.124. The van der Waals surface area contributed by atoms with E-state index in [4.69, 9.17) is 0 Å². The van der Waals surface area contributed by atoms with Gasteiger partial charge in [0, 0.05) is 35.0 Å². The van der Waals surface area contributed by atoms with E-state index in [0.29, 0.717) is 23.1 Å². The molecule has 2 heterocycles. The molecule has 1 aliphatic heterocycles. The molecule has 6 heteroatoms. The second kappa shape index (κ2) is 5.92. The predicted octanol–water partition coefficient (Wildman–Crippen LogP) is 2.21. The molecule has 120 valence electrons. The van der Waals surface area contributed by atoms with Gasteiger partial charge in [0.15, 0.2) is 0 Å². The molecular weight excluding hydrogens is 310 g/mol. The number of hydrogen-bond acceptors (Lipinski definition) is 3. The number of thioether (sulfide) groups is 1. The lowest BCUT2D eigenvalue weighted by atomic mass is 10.1. The Morgan fingerprint density at radius 2 is 2.17 bits per heavy atom. The Bertz CT molecular complexity index is 753. The van der Waals surface area contributed by atoms with Crippen LogP contribution in [-0.4, -0.2) is 45.9 Å². The van der Waals surface area contributed by atoms with E-state index in [1.165, 1.54) is 12.8 Å². The maximum atomic E-state index is 12.8. The fraction of sp³-hybridized carbons (Fsp3) is 0.412. The minimum atomic E-state index is -0.354. The van der Waals surface area contributed by atoms with E-state index in [1.54, 1.807) is 16.7 Å². The van der Waals surface area contributed by atoms with Crippen molar-refractivity contribution in [3.05, 3.63) is 36.0 Å². The van der Waals surface area contributed by atoms with Gasteiger partial charge in [-0.05, 0) is 43.0 Å². The van der Waals surface area contributed by atoms with Crippen molar-refractivity contribution in [2.24, 2.45) is 5.92 Å². The molecule has 0 unspecified atom stereocenters. The highest BCUT2D eigenvalue weighted by molar-refractivity contribution is 7.99. The van der Waals surface area contributed by atoms with Crippen LogP contribution >= 0.6 is 11.8 Å². The quantitative estimate of drug-likeness (QED) is 0.904. The number of carbonyl (C=O) groups excluding carboxylic acids is 2. The van der Waals surface area contributed by atoms with Crippen molar-refractivity contribution in [3.8, 4) is 0 Å². The number of rotatable bonds is 4. The average molecular weight is 329 g/mol. The van der Waals surface area contributed by atoms with Crippen molar-refractivity contribution in [3.63, 3.8) is 0 Å². The minimum absolute atomic E-state index is 0.0158. The van der Waals surface area contributed by atoms with Crippen LogP contribution in [0.2, 0.25) is 0 Å². The molecule has 23 heavy (non-hydrogen) atoms. The second-order valence-electron chi connectivity index (χ2n) is 6.26. The molecule has 0 bridgehead atoms. The highest BCUT2D eigenvalue weighted by Gasteiger charge is 2.35. The summed E-state index contributed by atoms with van der Waals surface area (Å²) < 4.78 is 0. The molecule has 2 N–H and O–H groups in total. The van der Waals surface area contributed by atoms with E-state index in [0.717, 1.165) is 17.4 Å². The summed E-state index contributed by atoms with van der Waals surface area (Å²) in [5.41, 5.74) is 1.65. The molecule has 2 aromatic rings. The number of aromatic amines is 1. The van der Waals surface area contributed by atoms with Crippen molar-refractivity contribution in [2.45, 2.75) is 18.9 Å². The van der Waals surface area contributed by atoms with Gasteiger partial charge < -0.3 is 15.2 Å². The number of nitrogens with zero attached hydrogens (tertiary/aromatic N) is 1. The number of benzene rings is 1. The Morgan fingerprint density at radius 1 is 1.30 bits per heavy atom. The van der Waals surface area contributed by atoms with Crippen molar-refractivity contribution in [1.82, 2.24) is 15.2 Å². The first-order valence-electron chi connectivity index (χ1n) is 7.96. The topological polar surface area (TPSA) is 65.2 Å². The summed E-state index contributed by atoms with van der Waals surface area (Å²) >= 11 is 1.63. The molecule has 1 aromatic carbocycles. The maximum Gasteiger partial charge on any atom is 0.255 e. The molecule has 1 aliphatic carbocycles. The van der Waals surface area contributed by atoms with Gasteiger partial charge in [0.25, 0.3) is 5.91 Å². The number of hydrogen-bond donors (Lipinski definition) is 2. The molecule has 0 spiro atoms.